The van der Waals surface area contributed by atoms with Crippen molar-refractivity contribution in [1.29, 1.82) is 0 Å². The van der Waals surface area contributed by atoms with E-state index in [2.05, 4.69) is 41.3 Å². The minimum Gasteiger partial charge on any atom is -0.395 e. The van der Waals surface area contributed by atoms with Crippen LogP contribution < -0.4 is 0 Å². The quantitative estimate of drug-likeness (QED) is 0.781. The molecule has 0 bridgehead atoms. The first-order valence-electron chi connectivity index (χ1n) is 7.42. The molecule has 0 aromatic heterocycles. The molecular formula is C18H23NO2. The molecule has 2 aromatic carbocycles. The summed E-state index contributed by atoms with van der Waals surface area (Å²) < 4.78 is 0. The Hall–Kier alpha value is -1.68. The van der Waals surface area contributed by atoms with Gasteiger partial charge in [0.05, 0.1) is 13.2 Å². The summed E-state index contributed by atoms with van der Waals surface area (Å²) in [4.78, 5) is 2.07. The van der Waals surface area contributed by atoms with Gasteiger partial charge in [-0.1, -0.05) is 54.6 Å². The normalized spacial score (nSPS) is 11.0. The van der Waals surface area contributed by atoms with Gasteiger partial charge in [0.1, 0.15) is 0 Å². The van der Waals surface area contributed by atoms with Crippen LogP contribution in [-0.2, 0) is 6.42 Å². The maximum Gasteiger partial charge on any atom is 0.0558 e. The molecule has 0 unspecified atom stereocenters. The van der Waals surface area contributed by atoms with Crippen LogP contribution in [0.25, 0.3) is 11.1 Å². The van der Waals surface area contributed by atoms with Crippen LogP contribution in [0.4, 0.5) is 0 Å². The average molecular weight is 285 g/mol. The van der Waals surface area contributed by atoms with Crippen molar-refractivity contribution in [1.82, 2.24) is 4.90 Å². The molecule has 0 heterocycles. The van der Waals surface area contributed by atoms with Gasteiger partial charge in [0.25, 0.3) is 0 Å². The van der Waals surface area contributed by atoms with Crippen LogP contribution in [0.3, 0.4) is 0 Å². The maximum absolute atomic E-state index is 9.00. The van der Waals surface area contributed by atoms with E-state index in [9.17, 15) is 0 Å². The zero-order valence-electron chi connectivity index (χ0n) is 12.3. The van der Waals surface area contributed by atoms with Crippen molar-refractivity contribution in [2.24, 2.45) is 0 Å². The summed E-state index contributed by atoms with van der Waals surface area (Å²) in [5, 5.41) is 18.0. The molecule has 112 valence electrons. The van der Waals surface area contributed by atoms with Crippen molar-refractivity contribution < 1.29 is 10.2 Å². The van der Waals surface area contributed by atoms with E-state index in [4.69, 9.17) is 10.2 Å². The van der Waals surface area contributed by atoms with Crippen LogP contribution in [0.5, 0.6) is 0 Å². The number of aliphatic hydroxyl groups excluding tert-OH is 2. The fourth-order valence-corrected chi connectivity index (χ4v) is 2.40. The monoisotopic (exact) mass is 285 g/mol. The second-order valence-electron chi connectivity index (χ2n) is 5.10. The second kappa shape index (κ2) is 8.57. The highest BCUT2D eigenvalue weighted by Gasteiger charge is 2.04. The molecule has 3 heteroatoms. The third kappa shape index (κ3) is 4.97. The van der Waals surface area contributed by atoms with Gasteiger partial charge in [-0.15, -0.1) is 0 Å². The van der Waals surface area contributed by atoms with E-state index >= 15 is 0 Å². The molecule has 2 N–H and O–H groups in total. The van der Waals surface area contributed by atoms with Crippen molar-refractivity contribution in [2.75, 3.05) is 32.8 Å². The van der Waals surface area contributed by atoms with E-state index in [1.807, 2.05) is 18.2 Å². The van der Waals surface area contributed by atoms with Gasteiger partial charge in [-0.05, 0) is 23.1 Å². The second-order valence-corrected chi connectivity index (χ2v) is 5.10. The third-order valence-electron chi connectivity index (χ3n) is 3.61. The summed E-state index contributed by atoms with van der Waals surface area (Å²) in [6.45, 7) is 2.34. The van der Waals surface area contributed by atoms with Gasteiger partial charge < -0.3 is 10.2 Å². The molecule has 0 atom stereocenters. The zero-order valence-corrected chi connectivity index (χ0v) is 12.3. The van der Waals surface area contributed by atoms with Gasteiger partial charge in [-0.25, -0.2) is 0 Å². The Morgan fingerprint density at radius 3 is 1.81 bits per heavy atom. The summed E-state index contributed by atoms with van der Waals surface area (Å²) in [6, 6.07) is 18.9. The summed E-state index contributed by atoms with van der Waals surface area (Å²) in [6.07, 6.45) is 0.926. The smallest absolute Gasteiger partial charge is 0.0558 e. The highest BCUT2D eigenvalue weighted by atomic mass is 16.3. The van der Waals surface area contributed by atoms with Crippen molar-refractivity contribution >= 4 is 0 Å². The number of hydrogen-bond donors (Lipinski definition) is 2. The summed E-state index contributed by atoms with van der Waals surface area (Å²) in [5.74, 6) is 0. The topological polar surface area (TPSA) is 43.7 Å². The molecule has 2 rings (SSSR count). The highest BCUT2D eigenvalue weighted by molar-refractivity contribution is 5.63. The third-order valence-corrected chi connectivity index (χ3v) is 3.61. The Balaban J connectivity index is 1.93. The highest BCUT2D eigenvalue weighted by Crippen LogP contribution is 2.19. The van der Waals surface area contributed by atoms with E-state index in [0.29, 0.717) is 13.1 Å². The summed E-state index contributed by atoms with van der Waals surface area (Å²) >= 11 is 0. The largest absolute Gasteiger partial charge is 0.395 e. The van der Waals surface area contributed by atoms with Crippen molar-refractivity contribution in [3.05, 3.63) is 60.2 Å². The minimum atomic E-state index is 0.132. The lowest BCUT2D eigenvalue weighted by molar-refractivity contribution is 0.162. The molecule has 0 radical (unpaired) electrons. The lowest BCUT2D eigenvalue weighted by Gasteiger charge is -2.19. The lowest BCUT2D eigenvalue weighted by Crippen LogP contribution is -2.31. The van der Waals surface area contributed by atoms with Crippen molar-refractivity contribution in [2.45, 2.75) is 6.42 Å². The molecule has 2 aromatic rings. The number of hydrogen-bond acceptors (Lipinski definition) is 3. The number of nitrogens with zero attached hydrogens (tertiary/aromatic N) is 1. The van der Waals surface area contributed by atoms with E-state index in [-0.39, 0.29) is 13.2 Å². The van der Waals surface area contributed by atoms with Gasteiger partial charge in [0.15, 0.2) is 0 Å². The van der Waals surface area contributed by atoms with Gasteiger partial charge in [0.2, 0.25) is 0 Å². The molecule has 0 fully saturated rings. The van der Waals surface area contributed by atoms with Crippen LogP contribution in [0.2, 0.25) is 0 Å². The van der Waals surface area contributed by atoms with Crippen LogP contribution in [0.1, 0.15) is 5.56 Å². The van der Waals surface area contributed by atoms with E-state index in [1.54, 1.807) is 0 Å². The first-order chi connectivity index (χ1) is 10.3. The zero-order chi connectivity index (χ0) is 14.9. The van der Waals surface area contributed by atoms with E-state index < -0.39 is 0 Å². The molecule has 3 nitrogen and oxygen atoms in total. The molecule has 0 amide bonds. The van der Waals surface area contributed by atoms with Crippen LogP contribution in [-0.4, -0.2) is 48.0 Å². The Morgan fingerprint density at radius 2 is 1.24 bits per heavy atom. The Labute approximate surface area is 126 Å². The van der Waals surface area contributed by atoms with Gasteiger partial charge in [-0.2, -0.15) is 0 Å². The minimum absolute atomic E-state index is 0.132. The number of rotatable bonds is 8. The Morgan fingerprint density at radius 1 is 0.667 bits per heavy atom. The summed E-state index contributed by atoms with van der Waals surface area (Å²) in [5.41, 5.74) is 3.73. The van der Waals surface area contributed by atoms with E-state index in [0.717, 1.165) is 13.0 Å². The first-order valence-corrected chi connectivity index (χ1v) is 7.42. The molecule has 0 aliphatic rings. The SMILES string of the molecule is OCCN(CCO)CCc1ccc(-c2ccccc2)cc1. The molecule has 0 saturated carbocycles. The standard InChI is InChI=1S/C18H23NO2/c20-14-12-19(13-15-21)11-10-16-6-8-18(9-7-16)17-4-2-1-3-5-17/h1-9,20-21H,10-15H2. The van der Waals surface area contributed by atoms with Crippen LogP contribution in [0, 0.1) is 0 Å². The molecule has 0 aliphatic carbocycles. The molecule has 0 aliphatic heterocycles. The van der Waals surface area contributed by atoms with E-state index in [1.165, 1.54) is 16.7 Å². The van der Waals surface area contributed by atoms with Crippen molar-refractivity contribution in [3.8, 4) is 11.1 Å². The fraction of sp³-hybridized carbons (Fsp3) is 0.333. The van der Waals surface area contributed by atoms with Crippen molar-refractivity contribution in [3.63, 3.8) is 0 Å². The average Bonchev–Trinajstić information content (AvgIpc) is 2.54. The van der Waals surface area contributed by atoms with Crippen LogP contribution in [0.15, 0.2) is 54.6 Å². The fourth-order valence-electron chi connectivity index (χ4n) is 2.40. The predicted molar refractivity (Wildman–Crippen MR) is 86.2 cm³/mol. The first kappa shape index (κ1) is 15.7. The Kier molecular flexibility index (Phi) is 6.41. The van der Waals surface area contributed by atoms with Crippen LogP contribution >= 0.6 is 0 Å². The van der Waals surface area contributed by atoms with Gasteiger partial charge in [-0.3, -0.25) is 4.90 Å². The molecule has 21 heavy (non-hydrogen) atoms. The molecular weight excluding hydrogens is 262 g/mol. The molecule has 0 spiro atoms. The molecule has 0 saturated heterocycles. The number of benzene rings is 2. The Bertz CT molecular complexity index is 505. The lowest BCUT2D eigenvalue weighted by atomic mass is 10.0. The maximum atomic E-state index is 9.00. The summed E-state index contributed by atoms with van der Waals surface area (Å²) in [7, 11) is 0. The predicted octanol–water partition coefficient (Wildman–Crippen LogP) is 2.18. The van der Waals surface area contributed by atoms with Gasteiger partial charge in [0, 0.05) is 19.6 Å². The van der Waals surface area contributed by atoms with Gasteiger partial charge >= 0.3 is 0 Å². The number of aliphatic hydroxyl groups is 2.